The lowest BCUT2D eigenvalue weighted by Crippen LogP contribution is -2.34. The van der Waals surface area contributed by atoms with Crippen molar-refractivity contribution in [1.29, 1.82) is 0 Å². The summed E-state index contributed by atoms with van der Waals surface area (Å²) in [6.07, 6.45) is 0.756. The highest BCUT2D eigenvalue weighted by molar-refractivity contribution is 5.50. The summed E-state index contributed by atoms with van der Waals surface area (Å²) in [5.74, 6) is 1.08. The monoisotopic (exact) mass is 240 g/mol. The normalized spacial score (nSPS) is 11.2. The van der Waals surface area contributed by atoms with E-state index in [-0.39, 0.29) is 6.61 Å². The van der Waals surface area contributed by atoms with Crippen LogP contribution in [0.15, 0.2) is 0 Å². The summed E-state index contributed by atoms with van der Waals surface area (Å²) >= 11 is 0. The molecule has 0 aromatic carbocycles. The maximum atomic E-state index is 8.97. The number of nitrogens with two attached hydrogens (primary N) is 1. The summed E-state index contributed by atoms with van der Waals surface area (Å²) in [5.41, 5.74) is 7.88. The Morgan fingerprint density at radius 2 is 2.12 bits per heavy atom. The molecule has 0 saturated carbocycles. The number of aliphatic hydroxyl groups is 1. The van der Waals surface area contributed by atoms with Crippen LogP contribution in [0.2, 0.25) is 0 Å². The van der Waals surface area contributed by atoms with Crippen molar-refractivity contribution in [2.75, 3.05) is 18.1 Å². The fourth-order valence-electron chi connectivity index (χ4n) is 2.14. The average molecular weight is 240 g/mol. The molecular weight excluding hydrogens is 216 g/mol. The Balaban J connectivity index is 3.08. The second-order valence-electron chi connectivity index (χ2n) is 4.58. The molecule has 1 aromatic rings. The minimum atomic E-state index is 0.206. The van der Waals surface area contributed by atoms with E-state index in [1.165, 1.54) is 0 Å². The van der Waals surface area contributed by atoms with Crippen LogP contribution in [0, 0.1) is 6.92 Å². The molecule has 0 unspecified atom stereocenters. The van der Waals surface area contributed by atoms with Crippen molar-refractivity contribution >= 4 is 5.82 Å². The van der Waals surface area contributed by atoms with E-state index >= 15 is 0 Å². The van der Waals surface area contributed by atoms with Gasteiger partial charge in [-0.2, -0.15) is 5.10 Å². The van der Waals surface area contributed by atoms with Gasteiger partial charge in [0.1, 0.15) is 5.82 Å². The summed E-state index contributed by atoms with van der Waals surface area (Å²) in [7, 11) is 1.94. The molecule has 5 heteroatoms. The Morgan fingerprint density at radius 1 is 1.47 bits per heavy atom. The third-order valence-electron chi connectivity index (χ3n) is 2.97. The van der Waals surface area contributed by atoms with Crippen molar-refractivity contribution in [2.45, 2.75) is 39.8 Å². The lowest BCUT2D eigenvalue weighted by molar-refractivity contribution is 0.288. The molecule has 5 nitrogen and oxygen atoms in total. The van der Waals surface area contributed by atoms with Gasteiger partial charge in [0, 0.05) is 38.3 Å². The standard InChI is InChI=1S/C12H24N4O/c1-9(2)16(6-5-7-17)12-11(8-13)10(3)14-15(12)4/h9,17H,5-8,13H2,1-4H3. The molecule has 0 radical (unpaired) electrons. The second-order valence-corrected chi connectivity index (χ2v) is 4.58. The van der Waals surface area contributed by atoms with Gasteiger partial charge in [-0.25, -0.2) is 0 Å². The van der Waals surface area contributed by atoms with Gasteiger partial charge in [-0.1, -0.05) is 0 Å². The summed E-state index contributed by atoms with van der Waals surface area (Å²) in [5, 5.41) is 13.4. The highest BCUT2D eigenvalue weighted by Crippen LogP contribution is 2.24. The number of anilines is 1. The Hall–Kier alpha value is -1.07. The van der Waals surface area contributed by atoms with Gasteiger partial charge in [-0.15, -0.1) is 0 Å². The van der Waals surface area contributed by atoms with E-state index in [9.17, 15) is 0 Å². The van der Waals surface area contributed by atoms with E-state index < -0.39 is 0 Å². The van der Waals surface area contributed by atoms with E-state index in [2.05, 4.69) is 23.8 Å². The van der Waals surface area contributed by atoms with E-state index in [1.807, 2.05) is 18.7 Å². The molecule has 0 aliphatic carbocycles. The third kappa shape index (κ3) is 2.98. The molecule has 0 bridgehead atoms. The van der Waals surface area contributed by atoms with E-state index in [0.717, 1.165) is 30.0 Å². The van der Waals surface area contributed by atoms with Gasteiger partial charge in [0.15, 0.2) is 0 Å². The van der Waals surface area contributed by atoms with Crippen molar-refractivity contribution in [2.24, 2.45) is 12.8 Å². The second kappa shape index (κ2) is 6.02. The third-order valence-corrected chi connectivity index (χ3v) is 2.97. The summed E-state index contributed by atoms with van der Waals surface area (Å²) in [6, 6.07) is 0.363. The van der Waals surface area contributed by atoms with Crippen LogP contribution < -0.4 is 10.6 Å². The Bertz CT molecular complexity index is 360. The van der Waals surface area contributed by atoms with Crippen LogP contribution >= 0.6 is 0 Å². The topological polar surface area (TPSA) is 67.3 Å². The summed E-state index contributed by atoms with van der Waals surface area (Å²) < 4.78 is 1.88. The highest BCUT2D eigenvalue weighted by atomic mass is 16.3. The van der Waals surface area contributed by atoms with Crippen LogP contribution in [0.3, 0.4) is 0 Å². The number of hydrogen-bond acceptors (Lipinski definition) is 4. The van der Waals surface area contributed by atoms with E-state index in [0.29, 0.717) is 12.6 Å². The number of hydrogen-bond donors (Lipinski definition) is 2. The van der Waals surface area contributed by atoms with Gasteiger partial charge in [0.25, 0.3) is 0 Å². The fraction of sp³-hybridized carbons (Fsp3) is 0.750. The predicted octanol–water partition coefficient (Wildman–Crippen LogP) is 0.784. The van der Waals surface area contributed by atoms with Crippen molar-refractivity contribution in [3.8, 4) is 0 Å². The summed E-state index contributed by atoms with van der Waals surface area (Å²) in [4.78, 5) is 2.25. The molecule has 0 amide bonds. The quantitative estimate of drug-likeness (QED) is 0.771. The molecule has 1 rings (SSSR count). The lowest BCUT2D eigenvalue weighted by Gasteiger charge is -2.29. The average Bonchev–Trinajstić information content (AvgIpc) is 2.54. The molecule has 0 fully saturated rings. The van der Waals surface area contributed by atoms with Crippen molar-refractivity contribution in [1.82, 2.24) is 9.78 Å². The molecule has 0 aliphatic rings. The van der Waals surface area contributed by atoms with Crippen LogP contribution in [0.5, 0.6) is 0 Å². The van der Waals surface area contributed by atoms with Crippen molar-refractivity contribution < 1.29 is 5.11 Å². The zero-order valence-electron chi connectivity index (χ0n) is 11.3. The molecule has 0 aliphatic heterocycles. The van der Waals surface area contributed by atoms with Crippen molar-refractivity contribution in [3.05, 3.63) is 11.3 Å². The first kappa shape index (κ1) is 14.0. The first-order valence-electron chi connectivity index (χ1n) is 6.13. The van der Waals surface area contributed by atoms with Crippen LogP contribution in [-0.4, -0.2) is 34.1 Å². The molecule has 3 N–H and O–H groups in total. The first-order valence-corrected chi connectivity index (χ1v) is 6.13. The van der Waals surface area contributed by atoms with Gasteiger partial charge in [-0.3, -0.25) is 4.68 Å². The smallest absolute Gasteiger partial charge is 0.131 e. The SMILES string of the molecule is Cc1nn(C)c(N(CCCO)C(C)C)c1CN. The highest BCUT2D eigenvalue weighted by Gasteiger charge is 2.20. The molecule has 1 heterocycles. The number of rotatable bonds is 6. The zero-order chi connectivity index (χ0) is 13.0. The Labute approximate surface area is 103 Å². The molecule has 0 spiro atoms. The van der Waals surface area contributed by atoms with E-state index in [1.54, 1.807) is 0 Å². The van der Waals surface area contributed by atoms with Crippen LogP contribution in [0.1, 0.15) is 31.5 Å². The molecule has 0 saturated heterocycles. The fourth-order valence-corrected chi connectivity index (χ4v) is 2.14. The number of aliphatic hydroxyl groups excluding tert-OH is 1. The maximum Gasteiger partial charge on any atom is 0.131 e. The Morgan fingerprint density at radius 3 is 2.59 bits per heavy atom. The van der Waals surface area contributed by atoms with Crippen LogP contribution in [0.25, 0.3) is 0 Å². The molecule has 98 valence electrons. The Kier molecular flexibility index (Phi) is 4.96. The van der Waals surface area contributed by atoms with Crippen LogP contribution in [0.4, 0.5) is 5.82 Å². The lowest BCUT2D eigenvalue weighted by atomic mass is 10.2. The maximum absolute atomic E-state index is 8.97. The van der Waals surface area contributed by atoms with Gasteiger partial charge >= 0.3 is 0 Å². The molecule has 0 atom stereocenters. The van der Waals surface area contributed by atoms with E-state index in [4.69, 9.17) is 10.8 Å². The summed E-state index contributed by atoms with van der Waals surface area (Å²) in [6.45, 7) is 7.78. The van der Waals surface area contributed by atoms with Gasteiger partial charge in [-0.05, 0) is 27.2 Å². The minimum absolute atomic E-state index is 0.206. The first-order chi connectivity index (χ1) is 8.02. The predicted molar refractivity (Wildman–Crippen MR) is 70.0 cm³/mol. The van der Waals surface area contributed by atoms with Gasteiger partial charge in [0.2, 0.25) is 0 Å². The van der Waals surface area contributed by atoms with Gasteiger partial charge < -0.3 is 15.7 Å². The molecule has 1 aromatic heterocycles. The number of aromatic nitrogens is 2. The van der Waals surface area contributed by atoms with Crippen LogP contribution in [-0.2, 0) is 13.6 Å². The number of aryl methyl sites for hydroxylation is 2. The molecule has 17 heavy (non-hydrogen) atoms. The van der Waals surface area contributed by atoms with Crippen molar-refractivity contribution in [3.63, 3.8) is 0 Å². The molecular formula is C12H24N4O. The minimum Gasteiger partial charge on any atom is -0.396 e. The largest absolute Gasteiger partial charge is 0.396 e. The zero-order valence-corrected chi connectivity index (χ0v) is 11.3. The number of nitrogens with zero attached hydrogens (tertiary/aromatic N) is 3. The van der Waals surface area contributed by atoms with Gasteiger partial charge in [0.05, 0.1) is 5.69 Å².